The Bertz CT molecular complexity index is 804. The van der Waals surface area contributed by atoms with Gasteiger partial charge in [0.2, 0.25) is 0 Å². The zero-order valence-electron chi connectivity index (χ0n) is 14.3. The van der Waals surface area contributed by atoms with Gasteiger partial charge in [-0.15, -0.1) is 0 Å². The fourth-order valence-corrected chi connectivity index (χ4v) is 3.98. The minimum absolute atomic E-state index is 0.532. The number of pyridine rings is 1. The summed E-state index contributed by atoms with van der Waals surface area (Å²) in [7, 11) is 0. The van der Waals surface area contributed by atoms with Gasteiger partial charge >= 0.3 is 0 Å². The lowest BCUT2D eigenvalue weighted by Gasteiger charge is -2.30. The molecule has 1 aromatic carbocycles. The fourth-order valence-electron chi connectivity index (χ4n) is 3.81. The summed E-state index contributed by atoms with van der Waals surface area (Å²) in [6.07, 6.45) is 14.6. The minimum Gasteiger partial charge on any atom is -0.382 e. The highest BCUT2D eigenvalue weighted by Crippen LogP contribution is 2.28. The van der Waals surface area contributed by atoms with Crippen LogP contribution in [0.15, 0.2) is 54.3 Å². The summed E-state index contributed by atoms with van der Waals surface area (Å²) in [6.45, 7) is 1.01. The van der Waals surface area contributed by atoms with Gasteiger partial charge < -0.3 is 10.6 Å². The molecule has 0 bridgehead atoms. The Morgan fingerprint density at radius 1 is 1.08 bits per heavy atom. The highest BCUT2D eigenvalue weighted by molar-refractivity contribution is 6.31. The Kier molecular flexibility index (Phi) is 5.04. The van der Waals surface area contributed by atoms with Crippen molar-refractivity contribution in [1.82, 2.24) is 10.3 Å². The molecule has 1 saturated carbocycles. The molecule has 1 aromatic heterocycles. The smallest absolute Gasteiger partial charge is 0.0737 e. The summed E-state index contributed by atoms with van der Waals surface area (Å²) in [5, 5.41) is 9.32. The Hall–Kier alpha value is -1.84. The number of halogens is 1. The van der Waals surface area contributed by atoms with Crippen molar-refractivity contribution in [3.8, 4) is 0 Å². The normalized spacial score (nSPS) is 23.0. The second kappa shape index (κ2) is 7.59. The molecule has 0 atom stereocenters. The third kappa shape index (κ3) is 4.05. The van der Waals surface area contributed by atoms with Crippen LogP contribution < -0.4 is 10.6 Å². The van der Waals surface area contributed by atoms with E-state index in [0.29, 0.717) is 12.1 Å². The molecular weight excluding hydrogens is 330 g/mol. The topological polar surface area (TPSA) is 37.0 Å². The van der Waals surface area contributed by atoms with E-state index in [4.69, 9.17) is 11.6 Å². The number of aromatic nitrogens is 1. The van der Waals surface area contributed by atoms with Crippen LogP contribution >= 0.6 is 11.6 Å². The molecule has 2 N–H and O–H groups in total. The van der Waals surface area contributed by atoms with Crippen LogP contribution in [0.25, 0.3) is 10.9 Å². The molecule has 2 aliphatic carbocycles. The van der Waals surface area contributed by atoms with Crippen molar-refractivity contribution >= 4 is 28.2 Å². The number of rotatable bonds is 5. The molecule has 0 saturated heterocycles. The highest BCUT2D eigenvalue weighted by atomic mass is 35.5. The highest BCUT2D eigenvalue weighted by Gasteiger charge is 2.21. The lowest BCUT2D eigenvalue weighted by molar-refractivity contribution is 0.362. The number of anilines is 1. The molecule has 4 rings (SSSR count). The van der Waals surface area contributed by atoms with Crippen LogP contribution in [0.4, 0.5) is 5.69 Å². The van der Waals surface area contributed by atoms with Gasteiger partial charge in [-0.2, -0.15) is 0 Å². The second-order valence-corrected chi connectivity index (χ2v) is 7.45. The quantitative estimate of drug-likeness (QED) is 0.786. The van der Waals surface area contributed by atoms with Gasteiger partial charge in [0.05, 0.1) is 5.52 Å². The molecular formula is C21H24ClN3. The van der Waals surface area contributed by atoms with E-state index in [1.807, 2.05) is 18.3 Å². The minimum atomic E-state index is 0.532. The van der Waals surface area contributed by atoms with E-state index in [1.54, 1.807) is 0 Å². The number of allylic oxidation sites excluding steroid dienone is 2. The standard InChI is InChI=1S/C21H24ClN3/c22-16-5-10-19-20(11-12-23-21(19)13-16)25-18-8-6-17(7-9-18)24-14-15-3-1-2-4-15/h1,3-5,10-13,17-18,24H,2,6-9,14H2,(H,23,25). The first-order valence-electron chi connectivity index (χ1n) is 9.18. The average molecular weight is 354 g/mol. The van der Waals surface area contributed by atoms with Crippen LogP contribution in [0.1, 0.15) is 32.1 Å². The average Bonchev–Trinajstić information content (AvgIpc) is 3.15. The van der Waals surface area contributed by atoms with Crippen molar-refractivity contribution in [2.45, 2.75) is 44.2 Å². The van der Waals surface area contributed by atoms with Gasteiger partial charge in [0, 0.05) is 40.9 Å². The zero-order chi connectivity index (χ0) is 17.1. The maximum atomic E-state index is 6.08. The molecule has 2 aromatic rings. The summed E-state index contributed by atoms with van der Waals surface area (Å²) in [6, 6.07) is 9.16. The maximum absolute atomic E-state index is 6.08. The van der Waals surface area contributed by atoms with E-state index in [1.165, 1.54) is 36.9 Å². The first-order valence-corrected chi connectivity index (χ1v) is 9.55. The number of hydrogen-bond acceptors (Lipinski definition) is 3. The predicted molar refractivity (Wildman–Crippen MR) is 106 cm³/mol. The van der Waals surface area contributed by atoms with Crippen molar-refractivity contribution in [2.75, 3.05) is 11.9 Å². The van der Waals surface area contributed by atoms with Crippen LogP contribution in [0.2, 0.25) is 5.02 Å². The first-order chi connectivity index (χ1) is 12.3. The number of fused-ring (bicyclic) bond motifs is 1. The number of nitrogens with zero attached hydrogens (tertiary/aromatic N) is 1. The second-order valence-electron chi connectivity index (χ2n) is 7.01. The third-order valence-electron chi connectivity index (χ3n) is 5.23. The summed E-state index contributed by atoms with van der Waals surface area (Å²) < 4.78 is 0. The van der Waals surface area contributed by atoms with E-state index in [2.05, 4.69) is 46.0 Å². The molecule has 0 aliphatic heterocycles. The molecule has 1 heterocycles. The van der Waals surface area contributed by atoms with E-state index in [0.717, 1.165) is 28.9 Å². The van der Waals surface area contributed by atoms with Gasteiger partial charge in [0.1, 0.15) is 0 Å². The molecule has 0 unspecified atom stereocenters. The molecule has 0 radical (unpaired) electrons. The van der Waals surface area contributed by atoms with Crippen LogP contribution in [0.5, 0.6) is 0 Å². The largest absolute Gasteiger partial charge is 0.382 e. The summed E-state index contributed by atoms with van der Waals surface area (Å²) >= 11 is 6.08. The maximum Gasteiger partial charge on any atom is 0.0737 e. The van der Waals surface area contributed by atoms with Crippen LogP contribution in [-0.4, -0.2) is 23.6 Å². The summed E-state index contributed by atoms with van der Waals surface area (Å²) in [4.78, 5) is 4.42. The fraction of sp³-hybridized carbons (Fsp3) is 0.381. The Morgan fingerprint density at radius 2 is 1.92 bits per heavy atom. The zero-order valence-corrected chi connectivity index (χ0v) is 15.1. The van der Waals surface area contributed by atoms with Crippen molar-refractivity contribution in [3.05, 3.63) is 59.3 Å². The van der Waals surface area contributed by atoms with Crippen molar-refractivity contribution < 1.29 is 0 Å². The summed E-state index contributed by atoms with van der Waals surface area (Å²) in [5.74, 6) is 0. The third-order valence-corrected chi connectivity index (χ3v) is 5.47. The van der Waals surface area contributed by atoms with Crippen LogP contribution in [0, 0.1) is 0 Å². The lowest BCUT2D eigenvalue weighted by atomic mass is 9.90. The Labute approximate surface area is 154 Å². The van der Waals surface area contributed by atoms with E-state index in [9.17, 15) is 0 Å². The molecule has 25 heavy (non-hydrogen) atoms. The van der Waals surface area contributed by atoms with Crippen molar-refractivity contribution in [2.24, 2.45) is 0 Å². The predicted octanol–water partition coefficient (Wildman–Crippen LogP) is 5.09. The lowest BCUT2D eigenvalue weighted by Crippen LogP contribution is -2.37. The molecule has 4 heteroatoms. The Balaban J connectivity index is 1.33. The van der Waals surface area contributed by atoms with E-state index in [-0.39, 0.29) is 0 Å². The van der Waals surface area contributed by atoms with E-state index >= 15 is 0 Å². The van der Waals surface area contributed by atoms with Crippen molar-refractivity contribution in [1.29, 1.82) is 0 Å². The van der Waals surface area contributed by atoms with E-state index < -0.39 is 0 Å². The van der Waals surface area contributed by atoms with Gasteiger partial charge in [-0.3, -0.25) is 4.98 Å². The van der Waals surface area contributed by atoms with Gasteiger partial charge in [-0.25, -0.2) is 0 Å². The number of hydrogen-bond donors (Lipinski definition) is 2. The van der Waals surface area contributed by atoms with Gasteiger partial charge in [-0.1, -0.05) is 29.8 Å². The summed E-state index contributed by atoms with van der Waals surface area (Å²) in [5.41, 5.74) is 3.55. The van der Waals surface area contributed by atoms with Crippen LogP contribution in [-0.2, 0) is 0 Å². The van der Waals surface area contributed by atoms with Gasteiger partial charge in [-0.05, 0) is 61.9 Å². The van der Waals surface area contributed by atoms with Crippen molar-refractivity contribution in [3.63, 3.8) is 0 Å². The molecule has 3 nitrogen and oxygen atoms in total. The monoisotopic (exact) mass is 353 g/mol. The number of nitrogens with one attached hydrogen (secondary N) is 2. The van der Waals surface area contributed by atoms with Gasteiger partial charge in [0.15, 0.2) is 0 Å². The molecule has 0 spiro atoms. The molecule has 2 aliphatic rings. The van der Waals surface area contributed by atoms with Crippen LogP contribution in [0.3, 0.4) is 0 Å². The Morgan fingerprint density at radius 3 is 2.72 bits per heavy atom. The first kappa shape index (κ1) is 16.6. The van der Waals surface area contributed by atoms with Gasteiger partial charge in [0.25, 0.3) is 0 Å². The SMILES string of the molecule is Clc1ccc2c(NC3CCC(NCC4=CCC=C4)CC3)ccnc2c1. The molecule has 130 valence electrons. The molecule has 0 amide bonds. The number of benzene rings is 1. The molecule has 1 fully saturated rings.